The van der Waals surface area contributed by atoms with E-state index in [0.29, 0.717) is 6.42 Å². The number of amides is 3. The summed E-state index contributed by atoms with van der Waals surface area (Å²) >= 11 is 0. The highest BCUT2D eigenvalue weighted by atomic mass is 16.5. The lowest BCUT2D eigenvalue weighted by Crippen LogP contribution is -2.55. The number of rotatable bonds is 12. The molecule has 0 aromatic carbocycles. The summed E-state index contributed by atoms with van der Waals surface area (Å²) in [5.74, 6) is -2.10. The van der Waals surface area contributed by atoms with E-state index in [2.05, 4.69) is 27.9 Å². The Morgan fingerprint density at radius 1 is 0.897 bits per heavy atom. The molecule has 0 saturated carbocycles. The smallest absolute Gasteiger partial charge is 0.329 e. The minimum atomic E-state index is -0.906. The van der Waals surface area contributed by atoms with Crippen molar-refractivity contribution in [2.24, 2.45) is 11.8 Å². The lowest BCUT2D eigenvalue weighted by molar-refractivity contribution is -0.158. The van der Waals surface area contributed by atoms with E-state index in [4.69, 9.17) is 4.74 Å². The van der Waals surface area contributed by atoms with Crippen LogP contribution in [-0.4, -0.2) is 52.9 Å². The van der Waals surface area contributed by atoms with Crippen LogP contribution in [0.15, 0.2) is 24.5 Å². The lowest BCUT2D eigenvalue weighted by atomic mass is 9.93. The minimum Gasteiger partial charge on any atom is -0.460 e. The van der Waals surface area contributed by atoms with Crippen molar-refractivity contribution in [3.05, 3.63) is 30.1 Å². The number of carbonyl (C=O) groups excluding carboxylic acids is 4. The van der Waals surface area contributed by atoms with E-state index in [1.165, 1.54) is 19.3 Å². The molecule has 0 bridgehead atoms. The first kappa shape index (κ1) is 32.2. The molecule has 1 fully saturated rings. The number of cyclic esters (lactones) is 1. The van der Waals surface area contributed by atoms with Crippen molar-refractivity contribution in [3.8, 4) is 0 Å². The summed E-state index contributed by atoms with van der Waals surface area (Å²) < 4.78 is 5.96. The third-order valence-corrected chi connectivity index (χ3v) is 7.66. The summed E-state index contributed by atoms with van der Waals surface area (Å²) in [7, 11) is 0. The van der Waals surface area contributed by atoms with E-state index in [9.17, 15) is 19.2 Å². The predicted octanol–water partition coefficient (Wildman–Crippen LogP) is 3.85. The van der Waals surface area contributed by atoms with E-state index in [-0.39, 0.29) is 30.6 Å². The largest absolute Gasteiger partial charge is 0.460 e. The summed E-state index contributed by atoms with van der Waals surface area (Å²) in [5.41, 5.74) is 0.822. The fourth-order valence-electron chi connectivity index (χ4n) is 4.74. The molecule has 9 heteroatoms. The van der Waals surface area contributed by atoms with Gasteiger partial charge in [-0.15, -0.1) is 0 Å². The molecule has 0 spiro atoms. The summed E-state index contributed by atoms with van der Waals surface area (Å²) in [4.78, 5) is 56.8. The Bertz CT molecular complexity index is 925. The Balaban J connectivity index is 2.27. The summed E-state index contributed by atoms with van der Waals surface area (Å²) in [6, 6.07) is 0.881. The van der Waals surface area contributed by atoms with Crippen molar-refractivity contribution in [3.63, 3.8) is 0 Å². The van der Waals surface area contributed by atoms with Gasteiger partial charge in [0, 0.05) is 18.8 Å². The second-order valence-electron chi connectivity index (χ2n) is 11.0. The Labute approximate surface area is 233 Å². The van der Waals surface area contributed by atoms with Crippen LogP contribution in [-0.2, 0) is 30.3 Å². The SMILES string of the molecule is CCCCCCCC[C@H](C)[C@@H]1CC(=O)N[C@@H](Cc2ccncc2)C(=O)N[C@@H](C)C(=O)N[C@H]([C@@H](C)CC)C(=O)O1. The van der Waals surface area contributed by atoms with Crippen molar-refractivity contribution in [2.75, 3.05) is 0 Å². The molecule has 3 N–H and O–H groups in total. The average molecular weight is 545 g/mol. The highest BCUT2D eigenvalue weighted by molar-refractivity contribution is 5.94. The van der Waals surface area contributed by atoms with E-state index >= 15 is 0 Å². The van der Waals surface area contributed by atoms with Crippen molar-refractivity contribution in [2.45, 2.75) is 123 Å². The zero-order valence-corrected chi connectivity index (χ0v) is 24.3. The zero-order valence-electron chi connectivity index (χ0n) is 24.3. The van der Waals surface area contributed by atoms with E-state index in [1.807, 2.05) is 20.8 Å². The molecular weight excluding hydrogens is 496 g/mol. The Morgan fingerprint density at radius 2 is 1.56 bits per heavy atom. The molecule has 3 amide bonds. The molecule has 1 aliphatic heterocycles. The van der Waals surface area contributed by atoms with Gasteiger partial charge in [0.25, 0.3) is 0 Å². The molecule has 218 valence electrons. The summed E-state index contributed by atoms with van der Waals surface area (Å²) in [6.45, 7) is 9.55. The third-order valence-electron chi connectivity index (χ3n) is 7.66. The van der Waals surface area contributed by atoms with Crippen LogP contribution >= 0.6 is 0 Å². The molecule has 1 aliphatic rings. The van der Waals surface area contributed by atoms with Gasteiger partial charge in [0.05, 0.1) is 6.42 Å². The van der Waals surface area contributed by atoms with Gasteiger partial charge in [-0.2, -0.15) is 0 Å². The molecule has 1 saturated heterocycles. The van der Waals surface area contributed by atoms with Gasteiger partial charge in [-0.05, 0) is 42.9 Å². The number of carbonyl (C=O) groups is 4. The molecular formula is C30H48N4O5. The zero-order chi connectivity index (χ0) is 28.8. The highest BCUT2D eigenvalue weighted by Crippen LogP contribution is 2.22. The highest BCUT2D eigenvalue weighted by Gasteiger charge is 2.35. The number of hydrogen-bond acceptors (Lipinski definition) is 6. The number of esters is 1. The van der Waals surface area contributed by atoms with E-state index in [0.717, 1.165) is 31.2 Å². The first-order chi connectivity index (χ1) is 18.7. The average Bonchev–Trinajstić information content (AvgIpc) is 2.92. The fraction of sp³-hybridized carbons (Fsp3) is 0.700. The van der Waals surface area contributed by atoms with E-state index in [1.54, 1.807) is 31.5 Å². The van der Waals surface area contributed by atoms with Crippen molar-refractivity contribution < 1.29 is 23.9 Å². The lowest BCUT2D eigenvalue weighted by Gasteiger charge is -2.29. The number of aromatic nitrogens is 1. The Kier molecular flexibility index (Phi) is 14.0. The Hall–Kier alpha value is -2.97. The second kappa shape index (κ2) is 16.9. The maximum atomic E-state index is 13.3. The normalized spacial score (nSPS) is 24.6. The van der Waals surface area contributed by atoms with Crippen LogP contribution in [0.5, 0.6) is 0 Å². The van der Waals surface area contributed by atoms with Crippen molar-refractivity contribution >= 4 is 23.7 Å². The van der Waals surface area contributed by atoms with Crippen LogP contribution in [0.1, 0.15) is 98.0 Å². The number of unbranched alkanes of at least 4 members (excludes halogenated alkanes) is 5. The molecule has 0 aliphatic carbocycles. The van der Waals surface area contributed by atoms with Gasteiger partial charge in [0.2, 0.25) is 17.7 Å². The minimum absolute atomic E-state index is 0.0560. The summed E-state index contributed by atoms with van der Waals surface area (Å²) in [5, 5.41) is 8.32. The third kappa shape index (κ3) is 11.0. The van der Waals surface area contributed by atoms with Gasteiger partial charge in [0.1, 0.15) is 24.2 Å². The van der Waals surface area contributed by atoms with Crippen LogP contribution in [0.3, 0.4) is 0 Å². The van der Waals surface area contributed by atoms with E-state index < -0.39 is 42.0 Å². The van der Waals surface area contributed by atoms with Gasteiger partial charge >= 0.3 is 5.97 Å². The monoisotopic (exact) mass is 544 g/mol. The molecule has 1 aromatic heterocycles. The predicted molar refractivity (Wildman–Crippen MR) is 151 cm³/mol. The molecule has 39 heavy (non-hydrogen) atoms. The molecule has 9 nitrogen and oxygen atoms in total. The molecule has 0 unspecified atom stereocenters. The standard InChI is InChI=1S/C30H48N4O5/c1-6-8-9-10-11-12-13-21(4)25-19-26(35)33-24(18-23-14-16-31-17-15-23)29(37)32-22(5)28(36)34-27(20(3)7-2)30(38)39-25/h14-17,20-22,24-25,27H,6-13,18-19H2,1-5H3,(H,32,37)(H,33,35)(H,34,36)/t20-,21-,22-,24-,25-,27+/m0/s1. The molecule has 1 aromatic rings. The Morgan fingerprint density at radius 3 is 2.23 bits per heavy atom. The first-order valence-corrected chi connectivity index (χ1v) is 14.7. The maximum Gasteiger partial charge on any atom is 0.329 e. The number of nitrogens with zero attached hydrogens (tertiary/aromatic N) is 1. The molecule has 6 atom stereocenters. The summed E-state index contributed by atoms with van der Waals surface area (Å²) in [6.07, 6.45) is 11.1. The van der Waals surface area contributed by atoms with Gasteiger partial charge < -0.3 is 20.7 Å². The number of hydrogen-bond donors (Lipinski definition) is 3. The quantitative estimate of drug-likeness (QED) is 0.271. The van der Waals surface area contributed by atoms with Crippen LogP contribution in [0.25, 0.3) is 0 Å². The van der Waals surface area contributed by atoms with Gasteiger partial charge in [-0.3, -0.25) is 19.4 Å². The number of pyridine rings is 1. The van der Waals surface area contributed by atoms with Crippen LogP contribution in [0.2, 0.25) is 0 Å². The van der Waals surface area contributed by atoms with Gasteiger partial charge in [-0.25, -0.2) is 4.79 Å². The molecule has 2 rings (SSSR count). The van der Waals surface area contributed by atoms with Gasteiger partial charge in [0.15, 0.2) is 0 Å². The van der Waals surface area contributed by atoms with Crippen LogP contribution in [0, 0.1) is 11.8 Å². The van der Waals surface area contributed by atoms with Crippen LogP contribution in [0.4, 0.5) is 0 Å². The first-order valence-electron chi connectivity index (χ1n) is 14.7. The molecule has 0 radical (unpaired) electrons. The molecule has 2 heterocycles. The maximum absolute atomic E-state index is 13.3. The second-order valence-corrected chi connectivity index (χ2v) is 11.0. The van der Waals surface area contributed by atoms with Crippen LogP contribution < -0.4 is 16.0 Å². The van der Waals surface area contributed by atoms with Gasteiger partial charge in [-0.1, -0.05) is 72.6 Å². The van der Waals surface area contributed by atoms with Crippen molar-refractivity contribution in [1.82, 2.24) is 20.9 Å². The fourth-order valence-corrected chi connectivity index (χ4v) is 4.74. The topological polar surface area (TPSA) is 126 Å². The number of ether oxygens (including phenoxy) is 1. The number of nitrogens with one attached hydrogen (secondary N) is 3. The van der Waals surface area contributed by atoms with Crippen molar-refractivity contribution in [1.29, 1.82) is 0 Å².